The fourth-order valence-corrected chi connectivity index (χ4v) is 2.74. The van der Waals surface area contributed by atoms with Crippen molar-refractivity contribution in [3.63, 3.8) is 0 Å². The lowest BCUT2D eigenvalue weighted by Gasteiger charge is -2.11. The summed E-state index contributed by atoms with van der Waals surface area (Å²) in [6.07, 6.45) is 4.73. The van der Waals surface area contributed by atoms with Crippen LogP contribution in [0.5, 0.6) is 5.75 Å². The Kier molecular flexibility index (Phi) is 4.25. The maximum atomic E-state index is 9.77. The summed E-state index contributed by atoms with van der Waals surface area (Å²) in [6, 6.07) is 7.59. The predicted molar refractivity (Wildman–Crippen MR) is 79.2 cm³/mol. The van der Waals surface area contributed by atoms with Crippen LogP contribution in [0.2, 0.25) is 0 Å². The largest absolute Gasteiger partial charge is 0.487 e. The van der Waals surface area contributed by atoms with E-state index in [0.717, 1.165) is 35.6 Å². The highest BCUT2D eigenvalue weighted by Gasteiger charge is 2.19. The molecule has 3 rings (SSSR count). The first kappa shape index (κ1) is 14.1. The van der Waals surface area contributed by atoms with Crippen LogP contribution in [0, 0.1) is 0 Å². The molecule has 21 heavy (non-hydrogen) atoms. The van der Waals surface area contributed by atoms with Gasteiger partial charge in [-0.15, -0.1) is 0 Å². The van der Waals surface area contributed by atoms with Crippen LogP contribution in [0.25, 0.3) is 0 Å². The molecule has 1 N–H and O–H groups in total. The molecule has 0 aliphatic heterocycles. The van der Waals surface area contributed by atoms with Crippen molar-refractivity contribution in [1.82, 2.24) is 5.16 Å². The number of aliphatic hydroxyl groups is 1. The van der Waals surface area contributed by atoms with Gasteiger partial charge < -0.3 is 14.4 Å². The molecule has 4 heteroatoms. The van der Waals surface area contributed by atoms with Crippen LogP contribution in [0.4, 0.5) is 0 Å². The second-order valence-corrected chi connectivity index (χ2v) is 5.52. The van der Waals surface area contributed by atoms with Crippen LogP contribution < -0.4 is 4.74 Å². The Morgan fingerprint density at radius 3 is 2.76 bits per heavy atom. The van der Waals surface area contributed by atoms with Crippen LogP contribution in [0.15, 0.2) is 28.8 Å². The number of fused-ring (bicyclic) bond motifs is 1. The fourth-order valence-electron chi connectivity index (χ4n) is 2.74. The standard InChI is InChI=1S/C17H21NO3/c1-2-16(19)12-7-9-13(10-8-12)20-11-15-14-5-3-4-6-17(14)21-18-15/h7-10,16,19H,2-6,11H2,1H3. The van der Waals surface area contributed by atoms with Crippen molar-refractivity contribution in [1.29, 1.82) is 0 Å². The van der Waals surface area contributed by atoms with Gasteiger partial charge in [-0.05, 0) is 43.4 Å². The van der Waals surface area contributed by atoms with Crippen molar-refractivity contribution in [2.45, 2.75) is 51.7 Å². The van der Waals surface area contributed by atoms with Gasteiger partial charge in [0.25, 0.3) is 0 Å². The Hall–Kier alpha value is -1.81. The average Bonchev–Trinajstić information content (AvgIpc) is 2.96. The summed E-state index contributed by atoms with van der Waals surface area (Å²) in [4.78, 5) is 0. The molecule has 1 unspecified atom stereocenters. The highest BCUT2D eigenvalue weighted by molar-refractivity contribution is 5.29. The van der Waals surface area contributed by atoms with E-state index in [4.69, 9.17) is 9.26 Å². The topological polar surface area (TPSA) is 55.5 Å². The molecule has 0 saturated heterocycles. The predicted octanol–water partition coefficient (Wildman–Crippen LogP) is 3.58. The number of aromatic nitrogens is 1. The number of benzene rings is 1. The molecule has 1 aromatic carbocycles. The van der Waals surface area contributed by atoms with Crippen molar-refractivity contribution < 1.29 is 14.4 Å². The molecule has 0 spiro atoms. The molecular formula is C17H21NO3. The number of hydrogen-bond donors (Lipinski definition) is 1. The molecule has 0 fully saturated rings. The number of hydrogen-bond acceptors (Lipinski definition) is 4. The Bertz CT molecular complexity index is 589. The van der Waals surface area contributed by atoms with Gasteiger partial charge in [0.05, 0.1) is 6.10 Å². The molecule has 1 atom stereocenters. The summed E-state index contributed by atoms with van der Waals surface area (Å²) < 4.78 is 11.2. The van der Waals surface area contributed by atoms with E-state index in [-0.39, 0.29) is 0 Å². The number of aliphatic hydroxyl groups excluding tert-OH is 1. The van der Waals surface area contributed by atoms with Gasteiger partial charge in [-0.25, -0.2) is 0 Å². The van der Waals surface area contributed by atoms with E-state index >= 15 is 0 Å². The van der Waals surface area contributed by atoms with Crippen LogP contribution >= 0.6 is 0 Å². The number of rotatable bonds is 5. The molecule has 0 bridgehead atoms. The number of aryl methyl sites for hydroxylation is 1. The van der Waals surface area contributed by atoms with Crippen molar-refractivity contribution in [3.8, 4) is 5.75 Å². The normalized spacial score (nSPS) is 15.5. The lowest BCUT2D eigenvalue weighted by atomic mass is 9.97. The molecule has 1 aliphatic carbocycles. The summed E-state index contributed by atoms with van der Waals surface area (Å²) in [6.45, 7) is 2.40. The van der Waals surface area contributed by atoms with Gasteiger partial charge in [0.2, 0.25) is 0 Å². The molecule has 1 aliphatic rings. The van der Waals surface area contributed by atoms with Gasteiger partial charge in [0, 0.05) is 12.0 Å². The van der Waals surface area contributed by atoms with E-state index in [1.807, 2.05) is 31.2 Å². The third kappa shape index (κ3) is 3.10. The van der Waals surface area contributed by atoms with Gasteiger partial charge in [-0.2, -0.15) is 0 Å². The van der Waals surface area contributed by atoms with Gasteiger partial charge in [0.15, 0.2) is 0 Å². The first-order valence-corrected chi connectivity index (χ1v) is 7.65. The third-order valence-corrected chi connectivity index (χ3v) is 4.06. The molecular weight excluding hydrogens is 266 g/mol. The molecule has 0 saturated carbocycles. The van der Waals surface area contributed by atoms with E-state index in [1.165, 1.54) is 18.4 Å². The smallest absolute Gasteiger partial charge is 0.140 e. The Labute approximate surface area is 124 Å². The molecule has 112 valence electrons. The van der Waals surface area contributed by atoms with Crippen molar-refractivity contribution in [3.05, 3.63) is 46.8 Å². The summed E-state index contributed by atoms with van der Waals surface area (Å²) in [5, 5.41) is 13.9. The van der Waals surface area contributed by atoms with Crippen LogP contribution in [-0.2, 0) is 19.4 Å². The third-order valence-electron chi connectivity index (χ3n) is 4.06. The Balaban J connectivity index is 1.64. The molecule has 1 aromatic heterocycles. The summed E-state index contributed by atoms with van der Waals surface area (Å²) in [5.41, 5.74) is 3.07. The van der Waals surface area contributed by atoms with Crippen LogP contribution in [0.1, 0.15) is 54.9 Å². The second-order valence-electron chi connectivity index (χ2n) is 5.52. The fraction of sp³-hybridized carbons (Fsp3) is 0.471. The van der Waals surface area contributed by atoms with Crippen LogP contribution in [-0.4, -0.2) is 10.3 Å². The highest BCUT2D eigenvalue weighted by atomic mass is 16.5. The summed E-state index contributed by atoms with van der Waals surface area (Å²) in [7, 11) is 0. The molecule has 1 heterocycles. The first-order chi connectivity index (χ1) is 10.3. The van der Waals surface area contributed by atoms with Gasteiger partial charge in [-0.3, -0.25) is 0 Å². The number of ether oxygens (including phenoxy) is 1. The molecule has 4 nitrogen and oxygen atoms in total. The van der Waals surface area contributed by atoms with E-state index in [1.54, 1.807) is 0 Å². The van der Waals surface area contributed by atoms with E-state index in [0.29, 0.717) is 13.0 Å². The minimum absolute atomic E-state index is 0.401. The van der Waals surface area contributed by atoms with E-state index < -0.39 is 6.10 Å². The molecule has 0 radical (unpaired) electrons. The molecule has 0 amide bonds. The van der Waals surface area contributed by atoms with Crippen molar-refractivity contribution in [2.75, 3.05) is 0 Å². The Morgan fingerprint density at radius 1 is 1.24 bits per heavy atom. The van der Waals surface area contributed by atoms with Crippen LogP contribution in [0.3, 0.4) is 0 Å². The van der Waals surface area contributed by atoms with Gasteiger partial charge in [-0.1, -0.05) is 24.2 Å². The average molecular weight is 287 g/mol. The highest BCUT2D eigenvalue weighted by Crippen LogP contribution is 2.25. The van der Waals surface area contributed by atoms with Crippen molar-refractivity contribution in [2.24, 2.45) is 0 Å². The quantitative estimate of drug-likeness (QED) is 0.913. The Morgan fingerprint density at radius 2 is 2.00 bits per heavy atom. The second kappa shape index (κ2) is 6.31. The lowest BCUT2D eigenvalue weighted by Crippen LogP contribution is -2.04. The summed E-state index contributed by atoms with van der Waals surface area (Å²) in [5.74, 6) is 1.82. The van der Waals surface area contributed by atoms with Crippen molar-refractivity contribution >= 4 is 0 Å². The van der Waals surface area contributed by atoms with Gasteiger partial charge in [0.1, 0.15) is 23.8 Å². The summed E-state index contributed by atoms with van der Waals surface area (Å²) >= 11 is 0. The zero-order chi connectivity index (χ0) is 14.7. The first-order valence-electron chi connectivity index (χ1n) is 7.65. The monoisotopic (exact) mass is 287 g/mol. The van der Waals surface area contributed by atoms with Gasteiger partial charge >= 0.3 is 0 Å². The minimum atomic E-state index is -0.401. The minimum Gasteiger partial charge on any atom is -0.487 e. The zero-order valence-electron chi connectivity index (χ0n) is 12.3. The van der Waals surface area contributed by atoms with E-state index in [2.05, 4.69) is 5.16 Å². The molecule has 2 aromatic rings. The number of nitrogens with zero attached hydrogens (tertiary/aromatic N) is 1. The maximum absolute atomic E-state index is 9.77. The lowest BCUT2D eigenvalue weighted by molar-refractivity contribution is 0.173. The van der Waals surface area contributed by atoms with E-state index in [9.17, 15) is 5.11 Å². The zero-order valence-corrected chi connectivity index (χ0v) is 12.3. The maximum Gasteiger partial charge on any atom is 0.140 e. The SMILES string of the molecule is CCC(O)c1ccc(OCc2noc3c2CCCC3)cc1.